The van der Waals surface area contributed by atoms with E-state index in [1.54, 1.807) is 24.0 Å². The number of carbonyl (C=O) groups is 1. The molecule has 1 unspecified atom stereocenters. The molecule has 4 nitrogen and oxygen atoms in total. The van der Waals surface area contributed by atoms with E-state index in [4.69, 9.17) is 12.2 Å². The van der Waals surface area contributed by atoms with Crippen molar-refractivity contribution in [2.24, 2.45) is 0 Å². The van der Waals surface area contributed by atoms with Crippen molar-refractivity contribution in [3.63, 3.8) is 0 Å². The SMILES string of the molecule is C=CCN1C(=S)NC(c2ccc(C(F)(F)F)cc2)C(C(=O)Nc2ccccc2C)=C1C. The first-order valence-corrected chi connectivity index (χ1v) is 9.98. The second-order valence-corrected chi connectivity index (χ2v) is 7.56. The van der Waals surface area contributed by atoms with Gasteiger partial charge in [0.1, 0.15) is 0 Å². The smallest absolute Gasteiger partial charge is 0.351 e. The maximum Gasteiger partial charge on any atom is 0.416 e. The van der Waals surface area contributed by atoms with Crippen LogP contribution >= 0.6 is 12.2 Å². The van der Waals surface area contributed by atoms with E-state index in [1.807, 2.05) is 25.1 Å². The zero-order valence-corrected chi connectivity index (χ0v) is 17.9. The number of allylic oxidation sites excluding steroid dienone is 1. The lowest BCUT2D eigenvalue weighted by Gasteiger charge is -2.37. The van der Waals surface area contributed by atoms with Gasteiger partial charge in [-0.15, -0.1) is 6.58 Å². The molecule has 0 aliphatic carbocycles. The fraction of sp³-hybridized carbons (Fsp3) is 0.217. The molecule has 0 aromatic heterocycles. The summed E-state index contributed by atoms with van der Waals surface area (Å²) >= 11 is 5.44. The van der Waals surface area contributed by atoms with Gasteiger partial charge in [0.05, 0.1) is 17.2 Å². The summed E-state index contributed by atoms with van der Waals surface area (Å²) in [5.74, 6) is -0.360. The van der Waals surface area contributed by atoms with Crippen LogP contribution in [-0.4, -0.2) is 22.5 Å². The van der Waals surface area contributed by atoms with Crippen LogP contribution in [0.5, 0.6) is 0 Å². The summed E-state index contributed by atoms with van der Waals surface area (Å²) in [5.41, 5.74) is 2.28. The molecule has 0 fully saturated rings. The number of rotatable bonds is 5. The Hall–Kier alpha value is -3.13. The van der Waals surface area contributed by atoms with Gasteiger partial charge < -0.3 is 15.5 Å². The molecule has 2 aromatic carbocycles. The molecule has 1 atom stereocenters. The Labute approximate surface area is 184 Å². The Morgan fingerprint density at radius 3 is 2.42 bits per heavy atom. The van der Waals surface area contributed by atoms with Gasteiger partial charge in [-0.1, -0.05) is 36.4 Å². The van der Waals surface area contributed by atoms with Gasteiger partial charge in [0, 0.05) is 17.9 Å². The zero-order chi connectivity index (χ0) is 22.8. The fourth-order valence-corrected chi connectivity index (χ4v) is 3.77. The fourth-order valence-electron chi connectivity index (χ4n) is 3.44. The van der Waals surface area contributed by atoms with Gasteiger partial charge in [-0.3, -0.25) is 4.79 Å². The maximum atomic E-state index is 13.3. The number of nitrogens with one attached hydrogen (secondary N) is 2. The molecular formula is C23H22F3N3OS. The Balaban J connectivity index is 2.04. The van der Waals surface area contributed by atoms with E-state index in [9.17, 15) is 18.0 Å². The van der Waals surface area contributed by atoms with Gasteiger partial charge in [-0.25, -0.2) is 0 Å². The van der Waals surface area contributed by atoms with E-state index in [-0.39, 0.29) is 5.91 Å². The molecule has 0 bridgehead atoms. The number of aryl methyl sites for hydroxylation is 1. The molecular weight excluding hydrogens is 423 g/mol. The van der Waals surface area contributed by atoms with Gasteiger partial charge in [0.15, 0.2) is 5.11 Å². The number of alkyl halides is 3. The van der Waals surface area contributed by atoms with E-state index < -0.39 is 17.8 Å². The highest BCUT2D eigenvalue weighted by Crippen LogP contribution is 2.34. The number of hydrogen-bond donors (Lipinski definition) is 2. The second kappa shape index (κ2) is 8.93. The van der Waals surface area contributed by atoms with E-state index in [0.717, 1.165) is 17.7 Å². The first-order chi connectivity index (χ1) is 14.6. The van der Waals surface area contributed by atoms with Gasteiger partial charge in [0.2, 0.25) is 0 Å². The Morgan fingerprint density at radius 1 is 1.19 bits per heavy atom. The number of amides is 1. The third-order valence-corrected chi connectivity index (χ3v) is 5.46. The Kier molecular flexibility index (Phi) is 6.50. The van der Waals surface area contributed by atoms with Crippen molar-refractivity contribution in [3.8, 4) is 0 Å². The third kappa shape index (κ3) is 4.80. The summed E-state index contributed by atoms with van der Waals surface area (Å²) in [7, 11) is 0. The third-order valence-electron chi connectivity index (χ3n) is 5.12. The number of nitrogens with zero attached hydrogens (tertiary/aromatic N) is 1. The lowest BCUT2D eigenvalue weighted by atomic mass is 9.93. The lowest BCUT2D eigenvalue weighted by Crippen LogP contribution is -2.48. The lowest BCUT2D eigenvalue weighted by molar-refractivity contribution is -0.137. The molecule has 3 rings (SSSR count). The molecule has 1 aliphatic rings. The topological polar surface area (TPSA) is 44.4 Å². The summed E-state index contributed by atoms with van der Waals surface area (Å²) in [6.45, 7) is 7.75. The number of halogens is 3. The van der Waals surface area contributed by atoms with E-state index in [0.29, 0.717) is 34.2 Å². The molecule has 0 radical (unpaired) electrons. The Bertz CT molecular complexity index is 1040. The van der Waals surface area contributed by atoms with Crippen LogP contribution < -0.4 is 10.6 Å². The highest BCUT2D eigenvalue weighted by atomic mass is 32.1. The van der Waals surface area contributed by atoms with Crippen LogP contribution in [-0.2, 0) is 11.0 Å². The minimum absolute atomic E-state index is 0.360. The van der Waals surface area contributed by atoms with Crippen LogP contribution in [0, 0.1) is 6.92 Å². The maximum absolute atomic E-state index is 13.3. The predicted octanol–water partition coefficient (Wildman–Crippen LogP) is 5.34. The van der Waals surface area contributed by atoms with Crippen LogP contribution in [0.1, 0.15) is 29.7 Å². The molecule has 1 heterocycles. The average molecular weight is 446 g/mol. The average Bonchev–Trinajstić information content (AvgIpc) is 2.71. The first-order valence-electron chi connectivity index (χ1n) is 9.57. The highest BCUT2D eigenvalue weighted by molar-refractivity contribution is 7.80. The van der Waals surface area contributed by atoms with E-state index >= 15 is 0 Å². The number of carbonyl (C=O) groups excluding carboxylic acids is 1. The minimum Gasteiger partial charge on any atom is -0.351 e. The molecule has 2 N–H and O–H groups in total. The number of para-hydroxylation sites is 1. The summed E-state index contributed by atoms with van der Waals surface area (Å²) < 4.78 is 38.9. The zero-order valence-electron chi connectivity index (χ0n) is 17.1. The van der Waals surface area contributed by atoms with E-state index in [1.165, 1.54) is 12.1 Å². The van der Waals surface area contributed by atoms with Crippen LogP contribution in [0.2, 0.25) is 0 Å². The summed E-state index contributed by atoms with van der Waals surface area (Å²) in [6, 6.07) is 11.4. The van der Waals surface area contributed by atoms with Crippen molar-refractivity contribution in [2.75, 3.05) is 11.9 Å². The number of hydrogen-bond acceptors (Lipinski definition) is 2. The van der Waals surface area contributed by atoms with Crippen molar-refractivity contribution < 1.29 is 18.0 Å². The molecule has 2 aromatic rings. The van der Waals surface area contributed by atoms with Crippen molar-refractivity contribution in [1.29, 1.82) is 0 Å². The number of benzene rings is 2. The van der Waals surface area contributed by atoms with Gasteiger partial charge in [-0.05, 0) is 55.4 Å². The molecule has 1 aliphatic heterocycles. The summed E-state index contributed by atoms with van der Waals surface area (Å²) in [5, 5.41) is 6.38. The van der Waals surface area contributed by atoms with Crippen molar-refractivity contribution in [2.45, 2.75) is 26.1 Å². The highest BCUT2D eigenvalue weighted by Gasteiger charge is 2.35. The quantitative estimate of drug-likeness (QED) is 0.482. The van der Waals surface area contributed by atoms with Crippen LogP contribution in [0.3, 0.4) is 0 Å². The molecule has 0 spiro atoms. The molecule has 0 saturated heterocycles. The molecule has 0 saturated carbocycles. The first kappa shape index (κ1) is 22.6. The van der Waals surface area contributed by atoms with Crippen LogP contribution in [0.15, 0.2) is 72.5 Å². The minimum atomic E-state index is -4.44. The second-order valence-electron chi connectivity index (χ2n) is 7.17. The summed E-state index contributed by atoms with van der Waals surface area (Å²) in [4.78, 5) is 15.0. The van der Waals surface area contributed by atoms with Crippen molar-refractivity contribution in [1.82, 2.24) is 10.2 Å². The number of anilines is 1. The van der Waals surface area contributed by atoms with Crippen molar-refractivity contribution >= 4 is 28.9 Å². The largest absolute Gasteiger partial charge is 0.416 e. The van der Waals surface area contributed by atoms with Gasteiger partial charge >= 0.3 is 6.18 Å². The molecule has 162 valence electrons. The Morgan fingerprint density at radius 2 is 1.84 bits per heavy atom. The monoisotopic (exact) mass is 445 g/mol. The molecule has 8 heteroatoms. The summed E-state index contributed by atoms with van der Waals surface area (Å²) in [6.07, 6.45) is -2.78. The van der Waals surface area contributed by atoms with Crippen molar-refractivity contribution in [3.05, 3.63) is 89.1 Å². The van der Waals surface area contributed by atoms with E-state index in [2.05, 4.69) is 17.2 Å². The normalized spacial score (nSPS) is 16.7. The van der Waals surface area contributed by atoms with Gasteiger partial charge in [-0.2, -0.15) is 13.2 Å². The van der Waals surface area contributed by atoms with Crippen LogP contribution in [0.4, 0.5) is 18.9 Å². The predicted molar refractivity (Wildman–Crippen MR) is 119 cm³/mol. The number of thiocarbonyl (C=S) groups is 1. The standard InChI is InChI=1S/C23H22F3N3OS/c1-4-13-29-15(3)19(21(30)27-18-8-6-5-7-14(18)2)20(28-22(29)31)16-9-11-17(12-10-16)23(24,25)26/h4-12,20H,1,13H2,2-3H3,(H,27,30)(H,28,31). The van der Waals surface area contributed by atoms with Crippen LogP contribution in [0.25, 0.3) is 0 Å². The molecule has 31 heavy (non-hydrogen) atoms. The molecule has 1 amide bonds. The van der Waals surface area contributed by atoms with Gasteiger partial charge in [0.25, 0.3) is 5.91 Å².